The first-order chi connectivity index (χ1) is 12.3. The summed E-state index contributed by atoms with van der Waals surface area (Å²) >= 11 is 0. The van der Waals surface area contributed by atoms with Crippen molar-refractivity contribution in [2.45, 2.75) is 11.8 Å². The monoisotopic (exact) mass is 380 g/mol. The van der Waals surface area contributed by atoms with Gasteiger partial charge in [-0.25, -0.2) is 0 Å². The Balaban J connectivity index is 2.29. The first-order valence-electron chi connectivity index (χ1n) is 7.47. The minimum Gasteiger partial charge on any atom is -0.502 e. The minimum atomic E-state index is -3.92. The second kappa shape index (κ2) is 7.96. The summed E-state index contributed by atoms with van der Waals surface area (Å²) in [6.45, 7) is 1.77. The van der Waals surface area contributed by atoms with Crippen LogP contribution in [0, 0.1) is 6.92 Å². The zero-order chi connectivity index (χ0) is 19.3. The molecule has 0 amide bonds. The zero-order valence-corrected chi connectivity index (χ0v) is 15.6. The van der Waals surface area contributed by atoms with Crippen molar-refractivity contribution in [3.63, 3.8) is 0 Å². The molecule has 0 aliphatic rings. The van der Waals surface area contributed by atoms with E-state index in [1.54, 1.807) is 19.1 Å². The highest BCUT2D eigenvalue weighted by Crippen LogP contribution is 2.36. The van der Waals surface area contributed by atoms with Crippen LogP contribution in [0.1, 0.15) is 11.1 Å². The van der Waals surface area contributed by atoms with Gasteiger partial charge >= 0.3 is 0 Å². The lowest BCUT2D eigenvalue weighted by molar-refractivity contribution is 0.340. The number of aromatic hydroxyl groups is 1. The molecule has 0 aromatic heterocycles. The summed E-state index contributed by atoms with van der Waals surface area (Å²) in [4.78, 5) is 2.12. The largest absolute Gasteiger partial charge is 0.502 e. The lowest BCUT2D eigenvalue weighted by Gasteiger charge is -2.10. The molecule has 26 heavy (non-hydrogen) atoms. The van der Waals surface area contributed by atoms with E-state index in [0.717, 1.165) is 5.56 Å². The first kappa shape index (κ1) is 19.4. The highest BCUT2D eigenvalue weighted by atomic mass is 32.2. The Morgan fingerprint density at radius 3 is 2.12 bits per heavy atom. The Morgan fingerprint density at radius 1 is 1.00 bits per heavy atom. The SMILES string of the molecule is COc1ccc(C)cc1S(=O)(=O)N/N=C/c1cc(OC)c(O)c(OC)c1. The normalized spacial score (nSPS) is 11.4. The number of benzene rings is 2. The molecule has 2 rings (SSSR count). The molecule has 9 heteroatoms. The van der Waals surface area contributed by atoms with Crippen LogP contribution in [-0.4, -0.2) is 41.1 Å². The van der Waals surface area contributed by atoms with E-state index in [2.05, 4.69) is 9.93 Å². The highest BCUT2D eigenvalue weighted by Gasteiger charge is 2.19. The van der Waals surface area contributed by atoms with Crippen LogP contribution in [0.15, 0.2) is 40.3 Å². The second-order valence-corrected chi connectivity index (χ2v) is 6.91. The van der Waals surface area contributed by atoms with Crippen molar-refractivity contribution in [2.75, 3.05) is 21.3 Å². The van der Waals surface area contributed by atoms with E-state index in [1.165, 1.54) is 45.7 Å². The minimum absolute atomic E-state index is 0.0157. The van der Waals surface area contributed by atoms with Crippen LogP contribution in [0.3, 0.4) is 0 Å². The maximum absolute atomic E-state index is 12.5. The third-order valence-electron chi connectivity index (χ3n) is 3.50. The van der Waals surface area contributed by atoms with Crippen molar-refractivity contribution in [3.8, 4) is 23.0 Å². The van der Waals surface area contributed by atoms with Crippen molar-refractivity contribution < 1.29 is 27.7 Å². The third-order valence-corrected chi connectivity index (χ3v) is 4.74. The smallest absolute Gasteiger partial charge is 0.280 e. The van der Waals surface area contributed by atoms with E-state index in [0.29, 0.717) is 5.56 Å². The van der Waals surface area contributed by atoms with Gasteiger partial charge in [-0.1, -0.05) is 6.07 Å². The molecule has 0 heterocycles. The lowest BCUT2D eigenvalue weighted by atomic mass is 10.2. The van der Waals surface area contributed by atoms with Gasteiger partial charge in [-0.2, -0.15) is 18.4 Å². The Labute approximate surface area is 152 Å². The summed E-state index contributed by atoms with van der Waals surface area (Å²) in [6.07, 6.45) is 1.27. The van der Waals surface area contributed by atoms with Crippen molar-refractivity contribution in [1.29, 1.82) is 0 Å². The van der Waals surface area contributed by atoms with Crippen molar-refractivity contribution >= 4 is 16.2 Å². The van der Waals surface area contributed by atoms with E-state index < -0.39 is 10.0 Å². The van der Waals surface area contributed by atoms with Crippen LogP contribution in [0.25, 0.3) is 0 Å². The second-order valence-electron chi connectivity index (χ2n) is 5.28. The maximum Gasteiger partial charge on any atom is 0.280 e. The van der Waals surface area contributed by atoms with Crippen molar-refractivity contribution in [2.24, 2.45) is 5.10 Å². The number of hydrazone groups is 1. The zero-order valence-electron chi connectivity index (χ0n) is 14.8. The molecule has 0 spiro atoms. The number of phenols is 1. The molecule has 0 fully saturated rings. The van der Waals surface area contributed by atoms with Crippen molar-refractivity contribution in [3.05, 3.63) is 41.5 Å². The molecule has 2 aromatic carbocycles. The number of nitrogens with zero attached hydrogens (tertiary/aromatic N) is 1. The van der Waals surface area contributed by atoms with Gasteiger partial charge in [0.2, 0.25) is 5.75 Å². The van der Waals surface area contributed by atoms with E-state index in [-0.39, 0.29) is 27.9 Å². The number of aryl methyl sites for hydroxylation is 1. The highest BCUT2D eigenvalue weighted by molar-refractivity contribution is 7.89. The number of nitrogens with one attached hydrogen (secondary N) is 1. The van der Waals surface area contributed by atoms with E-state index in [4.69, 9.17) is 14.2 Å². The molecule has 140 valence electrons. The number of methoxy groups -OCH3 is 3. The van der Waals surface area contributed by atoms with Gasteiger partial charge < -0.3 is 19.3 Å². The average Bonchev–Trinajstić information content (AvgIpc) is 2.62. The lowest BCUT2D eigenvalue weighted by Crippen LogP contribution is -2.19. The molecule has 0 atom stereocenters. The first-order valence-corrected chi connectivity index (χ1v) is 8.95. The Morgan fingerprint density at radius 2 is 1.58 bits per heavy atom. The number of rotatable bonds is 7. The van der Waals surface area contributed by atoms with E-state index >= 15 is 0 Å². The summed E-state index contributed by atoms with van der Waals surface area (Å²) in [5, 5.41) is 13.6. The molecule has 0 unspecified atom stereocenters. The summed E-state index contributed by atoms with van der Waals surface area (Å²) in [7, 11) is 0.253. The maximum atomic E-state index is 12.5. The van der Waals surface area contributed by atoms with Gasteiger partial charge in [-0.05, 0) is 36.8 Å². The van der Waals surface area contributed by atoms with Crippen LogP contribution >= 0.6 is 0 Å². The van der Waals surface area contributed by atoms with Crippen LogP contribution < -0.4 is 19.0 Å². The van der Waals surface area contributed by atoms with Crippen molar-refractivity contribution in [1.82, 2.24) is 4.83 Å². The standard InChI is InChI=1S/C17H20N2O6S/c1-11-5-6-13(23-2)16(7-11)26(21,22)19-18-10-12-8-14(24-3)17(20)15(9-12)25-4/h5-10,19-20H,1-4H3/b18-10+. The fourth-order valence-corrected chi connectivity index (χ4v) is 3.25. The molecule has 0 radical (unpaired) electrons. The van der Waals surface area contributed by atoms with Gasteiger partial charge in [0.25, 0.3) is 10.0 Å². The van der Waals surface area contributed by atoms with Crippen LogP contribution in [-0.2, 0) is 10.0 Å². The van der Waals surface area contributed by atoms with E-state index in [1.807, 2.05) is 0 Å². The molecule has 2 N–H and O–H groups in total. The van der Waals surface area contributed by atoms with Gasteiger partial charge in [0.15, 0.2) is 11.5 Å². The number of sulfonamides is 1. The summed E-state index contributed by atoms with van der Waals surface area (Å²) in [5.74, 6) is 0.409. The summed E-state index contributed by atoms with van der Waals surface area (Å²) < 4.78 is 40.1. The molecule has 8 nitrogen and oxygen atoms in total. The predicted molar refractivity (Wildman–Crippen MR) is 96.9 cm³/mol. The molecule has 0 aliphatic carbocycles. The molecule has 0 saturated carbocycles. The number of hydrogen-bond donors (Lipinski definition) is 2. The van der Waals surface area contributed by atoms with Crippen LogP contribution in [0.5, 0.6) is 23.0 Å². The number of hydrogen-bond acceptors (Lipinski definition) is 7. The van der Waals surface area contributed by atoms with Gasteiger partial charge in [0.05, 0.1) is 27.5 Å². The average molecular weight is 380 g/mol. The molecule has 0 aliphatic heterocycles. The quantitative estimate of drug-likeness (QED) is 0.562. The summed E-state index contributed by atoms with van der Waals surface area (Å²) in [5.41, 5.74) is 1.23. The Hall–Kier alpha value is -2.94. The Bertz CT molecular complexity index is 900. The molecular formula is C17H20N2O6S. The van der Waals surface area contributed by atoms with Gasteiger partial charge in [0, 0.05) is 5.56 Å². The number of ether oxygens (including phenoxy) is 3. The molecule has 0 bridgehead atoms. The van der Waals surface area contributed by atoms with Gasteiger partial charge in [-0.3, -0.25) is 0 Å². The fraction of sp³-hybridized carbons (Fsp3) is 0.235. The van der Waals surface area contributed by atoms with Gasteiger partial charge in [-0.15, -0.1) is 0 Å². The predicted octanol–water partition coefficient (Wildman–Crippen LogP) is 2.04. The summed E-state index contributed by atoms with van der Waals surface area (Å²) in [6, 6.07) is 7.79. The van der Waals surface area contributed by atoms with Crippen LogP contribution in [0.2, 0.25) is 0 Å². The van der Waals surface area contributed by atoms with E-state index in [9.17, 15) is 13.5 Å². The van der Waals surface area contributed by atoms with Gasteiger partial charge in [0.1, 0.15) is 10.6 Å². The molecular weight excluding hydrogens is 360 g/mol. The fourth-order valence-electron chi connectivity index (χ4n) is 2.20. The topological polar surface area (TPSA) is 106 Å². The third kappa shape index (κ3) is 4.17. The number of phenolic OH excluding ortho intramolecular Hbond substituents is 1. The Kier molecular flexibility index (Phi) is 5.93. The van der Waals surface area contributed by atoms with Crippen LogP contribution in [0.4, 0.5) is 0 Å². The molecule has 2 aromatic rings. The molecule has 0 saturated heterocycles.